The lowest BCUT2D eigenvalue weighted by molar-refractivity contribution is 0.361. The van der Waals surface area contributed by atoms with Crippen LogP contribution in [0.25, 0.3) is 0 Å². The van der Waals surface area contributed by atoms with E-state index in [0.717, 1.165) is 16.9 Å². The van der Waals surface area contributed by atoms with Gasteiger partial charge in [0.05, 0.1) is 22.4 Å². The maximum absolute atomic E-state index is 4.51. The van der Waals surface area contributed by atoms with Crippen molar-refractivity contribution < 1.29 is 0 Å². The number of rotatable bonds is 5. The number of aromatic nitrogens is 2. The molecule has 0 bridgehead atoms. The molecule has 1 aromatic rings. The zero-order valence-corrected chi connectivity index (χ0v) is 13.7. The summed E-state index contributed by atoms with van der Waals surface area (Å²) < 4.78 is 3.29. The van der Waals surface area contributed by atoms with Gasteiger partial charge in [-0.25, -0.2) is 0 Å². The lowest BCUT2D eigenvalue weighted by Crippen LogP contribution is -2.31. The molecular formula is C13H22BrN3S. The standard InChI is InChI=1S/C13H22BrN3S/c1-4-15-12(10-5-6-18-8-10)13-11(14)7-16-17(13)9(2)3/h7,9-10,12,15H,4-6,8H2,1-3H3. The Hall–Kier alpha value is -0.000000000000000111. The molecule has 0 saturated carbocycles. The minimum atomic E-state index is 0.404. The first-order chi connectivity index (χ1) is 8.65. The van der Waals surface area contributed by atoms with Crippen molar-refractivity contribution in [1.29, 1.82) is 0 Å². The molecule has 3 nitrogen and oxygen atoms in total. The van der Waals surface area contributed by atoms with Gasteiger partial charge in [0, 0.05) is 6.04 Å². The summed E-state index contributed by atoms with van der Waals surface area (Å²) in [5.74, 6) is 3.27. The molecule has 1 aliphatic rings. The number of thioether (sulfide) groups is 1. The van der Waals surface area contributed by atoms with Crippen molar-refractivity contribution in [3.05, 3.63) is 16.4 Å². The average Bonchev–Trinajstić information content (AvgIpc) is 2.95. The molecule has 102 valence electrons. The summed E-state index contributed by atoms with van der Waals surface area (Å²) in [6, 6.07) is 0.825. The van der Waals surface area contributed by atoms with Gasteiger partial charge in [0.15, 0.2) is 0 Å². The van der Waals surface area contributed by atoms with Gasteiger partial charge in [0.25, 0.3) is 0 Å². The topological polar surface area (TPSA) is 29.9 Å². The minimum Gasteiger partial charge on any atom is -0.309 e. The van der Waals surface area contributed by atoms with Gasteiger partial charge in [0.1, 0.15) is 0 Å². The molecule has 5 heteroatoms. The molecule has 0 amide bonds. The van der Waals surface area contributed by atoms with Gasteiger partial charge in [-0.1, -0.05) is 6.92 Å². The van der Waals surface area contributed by atoms with Gasteiger partial charge in [-0.2, -0.15) is 16.9 Å². The molecule has 18 heavy (non-hydrogen) atoms. The maximum Gasteiger partial charge on any atom is 0.0701 e. The van der Waals surface area contributed by atoms with Crippen molar-refractivity contribution in [3.8, 4) is 0 Å². The Morgan fingerprint density at radius 3 is 2.94 bits per heavy atom. The van der Waals surface area contributed by atoms with E-state index in [1.54, 1.807) is 0 Å². The largest absolute Gasteiger partial charge is 0.309 e. The highest BCUT2D eigenvalue weighted by molar-refractivity contribution is 9.10. The Balaban J connectivity index is 2.31. The van der Waals surface area contributed by atoms with Crippen molar-refractivity contribution in [3.63, 3.8) is 0 Å². The smallest absolute Gasteiger partial charge is 0.0701 e. The molecule has 1 aliphatic heterocycles. The molecule has 0 radical (unpaired) electrons. The average molecular weight is 332 g/mol. The van der Waals surface area contributed by atoms with Crippen LogP contribution in [0.5, 0.6) is 0 Å². The van der Waals surface area contributed by atoms with E-state index in [-0.39, 0.29) is 0 Å². The van der Waals surface area contributed by atoms with Crippen molar-refractivity contribution in [1.82, 2.24) is 15.1 Å². The predicted molar refractivity (Wildman–Crippen MR) is 82.2 cm³/mol. The van der Waals surface area contributed by atoms with Crippen molar-refractivity contribution >= 4 is 27.7 Å². The Morgan fingerprint density at radius 2 is 2.39 bits per heavy atom. The highest BCUT2D eigenvalue weighted by Crippen LogP contribution is 2.37. The predicted octanol–water partition coefficient (Wildman–Crippen LogP) is 3.63. The van der Waals surface area contributed by atoms with E-state index in [4.69, 9.17) is 0 Å². The summed E-state index contributed by atoms with van der Waals surface area (Å²) >= 11 is 5.74. The van der Waals surface area contributed by atoms with Crippen LogP contribution in [-0.4, -0.2) is 27.8 Å². The summed E-state index contributed by atoms with van der Waals surface area (Å²) in [4.78, 5) is 0. The fourth-order valence-electron chi connectivity index (χ4n) is 2.58. The Labute approximate surface area is 122 Å². The molecule has 0 spiro atoms. The van der Waals surface area contributed by atoms with E-state index in [1.807, 2.05) is 6.20 Å². The normalized spacial score (nSPS) is 21.7. The highest BCUT2D eigenvalue weighted by atomic mass is 79.9. The lowest BCUT2D eigenvalue weighted by Gasteiger charge is -2.26. The van der Waals surface area contributed by atoms with E-state index in [2.05, 4.69) is 63.6 Å². The second kappa shape index (κ2) is 6.44. The van der Waals surface area contributed by atoms with E-state index < -0.39 is 0 Å². The fraction of sp³-hybridized carbons (Fsp3) is 0.769. The number of hydrogen-bond acceptors (Lipinski definition) is 3. The van der Waals surface area contributed by atoms with E-state index in [0.29, 0.717) is 12.1 Å². The Morgan fingerprint density at radius 1 is 1.61 bits per heavy atom. The van der Waals surface area contributed by atoms with Crippen LogP contribution in [-0.2, 0) is 0 Å². The molecule has 2 unspecified atom stereocenters. The molecule has 1 saturated heterocycles. The van der Waals surface area contributed by atoms with Crippen molar-refractivity contribution in [2.24, 2.45) is 5.92 Å². The fourth-order valence-corrected chi connectivity index (χ4v) is 4.39. The highest BCUT2D eigenvalue weighted by Gasteiger charge is 2.30. The number of hydrogen-bond donors (Lipinski definition) is 1. The van der Waals surface area contributed by atoms with Crippen LogP contribution >= 0.6 is 27.7 Å². The van der Waals surface area contributed by atoms with Crippen LogP contribution in [0.15, 0.2) is 10.7 Å². The quantitative estimate of drug-likeness (QED) is 0.893. The van der Waals surface area contributed by atoms with Crippen LogP contribution in [0.2, 0.25) is 0 Å². The van der Waals surface area contributed by atoms with Crippen LogP contribution in [0.4, 0.5) is 0 Å². The molecule has 0 aliphatic carbocycles. The van der Waals surface area contributed by atoms with E-state index in [9.17, 15) is 0 Å². The molecule has 1 aromatic heterocycles. The second-order valence-electron chi connectivity index (χ2n) is 5.08. The molecule has 1 N–H and O–H groups in total. The molecule has 2 rings (SSSR count). The van der Waals surface area contributed by atoms with Crippen LogP contribution in [0, 0.1) is 5.92 Å². The third kappa shape index (κ3) is 2.94. The Kier molecular flexibility index (Phi) is 5.15. The summed E-state index contributed by atoms with van der Waals surface area (Å²) in [5, 5.41) is 8.17. The van der Waals surface area contributed by atoms with Gasteiger partial charge in [-0.3, -0.25) is 4.68 Å². The first-order valence-corrected chi connectivity index (χ1v) is 8.64. The Bertz CT molecular complexity index is 386. The van der Waals surface area contributed by atoms with Crippen molar-refractivity contribution in [2.45, 2.75) is 39.3 Å². The van der Waals surface area contributed by atoms with Crippen molar-refractivity contribution in [2.75, 3.05) is 18.1 Å². The van der Waals surface area contributed by atoms with E-state index in [1.165, 1.54) is 23.6 Å². The van der Waals surface area contributed by atoms with Crippen LogP contribution < -0.4 is 5.32 Å². The third-order valence-electron chi connectivity index (χ3n) is 3.43. The monoisotopic (exact) mass is 331 g/mol. The zero-order valence-electron chi connectivity index (χ0n) is 11.3. The third-order valence-corrected chi connectivity index (χ3v) is 5.23. The number of halogens is 1. The number of nitrogens with one attached hydrogen (secondary N) is 1. The first-order valence-electron chi connectivity index (χ1n) is 6.69. The first kappa shape index (κ1) is 14.4. The van der Waals surface area contributed by atoms with Gasteiger partial charge in [0.2, 0.25) is 0 Å². The van der Waals surface area contributed by atoms with Crippen LogP contribution in [0.1, 0.15) is 45.0 Å². The van der Waals surface area contributed by atoms with Gasteiger partial charge >= 0.3 is 0 Å². The van der Waals surface area contributed by atoms with Gasteiger partial charge < -0.3 is 5.32 Å². The maximum atomic E-state index is 4.51. The summed E-state index contributed by atoms with van der Waals surface area (Å²) in [7, 11) is 0. The van der Waals surface area contributed by atoms with E-state index >= 15 is 0 Å². The lowest BCUT2D eigenvalue weighted by atomic mass is 9.96. The second-order valence-corrected chi connectivity index (χ2v) is 7.08. The summed E-state index contributed by atoms with van der Waals surface area (Å²) in [6.45, 7) is 7.56. The molecule has 2 atom stereocenters. The molecule has 2 heterocycles. The number of nitrogens with zero attached hydrogens (tertiary/aromatic N) is 2. The molecule has 1 fully saturated rings. The molecular weight excluding hydrogens is 310 g/mol. The zero-order chi connectivity index (χ0) is 13.1. The van der Waals surface area contributed by atoms with Crippen LogP contribution in [0.3, 0.4) is 0 Å². The SMILES string of the molecule is CCNC(c1c(Br)cnn1C(C)C)C1CCSC1. The minimum absolute atomic E-state index is 0.404. The summed E-state index contributed by atoms with van der Waals surface area (Å²) in [6.07, 6.45) is 3.24. The molecule has 0 aromatic carbocycles. The van der Waals surface area contributed by atoms with Gasteiger partial charge in [-0.15, -0.1) is 0 Å². The summed E-state index contributed by atoms with van der Waals surface area (Å²) in [5.41, 5.74) is 1.32. The van der Waals surface area contributed by atoms with Gasteiger partial charge in [-0.05, 0) is 60.2 Å².